The summed E-state index contributed by atoms with van der Waals surface area (Å²) in [5, 5.41) is 0. The normalized spacial score (nSPS) is 27.9. The molecule has 1 aromatic carbocycles. The third-order valence-electron chi connectivity index (χ3n) is 6.22. The van der Waals surface area contributed by atoms with Crippen LogP contribution in [0.15, 0.2) is 30.3 Å². The molecule has 0 unspecified atom stereocenters. The van der Waals surface area contributed by atoms with Crippen molar-refractivity contribution in [1.29, 1.82) is 0 Å². The van der Waals surface area contributed by atoms with Gasteiger partial charge in [0.25, 0.3) is 0 Å². The highest BCUT2D eigenvalue weighted by Gasteiger charge is 2.55. The Morgan fingerprint density at radius 2 is 1.62 bits per heavy atom. The molecule has 2 heterocycles. The SMILES string of the molecule is CCOC(=O)CCCCCCCCO[C@@H]1O[C@@H](C)[C@H]2OC(C)(C)O[C@H]2[C@@H]1OCc1ccccc1. The van der Waals surface area contributed by atoms with Crippen molar-refractivity contribution in [2.75, 3.05) is 13.2 Å². The van der Waals surface area contributed by atoms with Gasteiger partial charge in [0.05, 0.1) is 19.3 Å². The first-order chi connectivity index (χ1) is 16.4. The van der Waals surface area contributed by atoms with E-state index in [4.69, 9.17) is 28.4 Å². The van der Waals surface area contributed by atoms with Gasteiger partial charge in [-0.2, -0.15) is 0 Å². The van der Waals surface area contributed by atoms with Gasteiger partial charge in [-0.05, 0) is 46.1 Å². The first-order valence-electron chi connectivity index (χ1n) is 12.8. The zero-order valence-corrected chi connectivity index (χ0v) is 21.2. The summed E-state index contributed by atoms with van der Waals surface area (Å²) in [6.45, 7) is 9.21. The van der Waals surface area contributed by atoms with Crippen LogP contribution in [0.25, 0.3) is 0 Å². The largest absolute Gasteiger partial charge is 0.466 e. The van der Waals surface area contributed by atoms with E-state index in [0.717, 1.165) is 44.1 Å². The summed E-state index contributed by atoms with van der Waals surface area (Å²) in [5.41, 5.74) is 1.09. The number of unbranched alkanes of at least 4 members (excludes halogenated alkanes) is 5. The Hall–Kier alpha value is -1.51. The molecule has 0 radical (unpaired) electrons. The summed E-state index contributed by atoms with van der Waals surface area (Å²) >= 11 is 0. The number of hydrogen-bond acceptors (Lipinski definition) is 7. The molecule has 0 spiro atoms. The van der Waals surface area contributed by atoms with Gasteiger partial charge in [-0.15, -0.1) is 0 Å². The maximum atomic E-state index is 11.4. The first kappa shape index (κ1) is 27.1. The Labute approximate surface area is 204 Å². The maximum Gasteiger partial charge on any atom is 0.305 e. The highest BCUT2D eigenvalue weighted by Crippen LogP contribution is 2.39. The second kappa shape index (κ2) is 13.5. The Morgan fingerprint density at radius 1 is 0.941 bits per heavy atom. The lowest BCUT2D eigenvalue weighted by Crippen LogP contribution is -2.57. The number of carbonyl (C=O) groups excluding carboxylic acids is 1. The number of hydrogen-bond donors (Lipinski definition) is 0. The number of fused-ring (bicyclic) bond motifs is 1. The summed E-state index contributed by atoms with van der Waals surface area (Å²) in [6, 6.07) is 10.1. The van der Waals surface area contributed by atoms with Crippen molar-refractivity contribution < 1.29 is 33.2 Å². The number of carbonyl (C=O) groups is 1. The van der Waals surface area contributed by atoms with Gasteiger partial charge in [-0.1, -0.05) is 56.0 Å². The summed E-state index contributed by atoms with van der Waals surface area (Å²) in [7, 11) is 0. The number of esters is 1. The molecule has 0 aromatic heterocycles. The quantitative estimate of drug-likeness (QED) is 0.271. The van der Waals surface area contributed by atoms with E-state index in [1.54, 1.807) is 0 Å². The van der Waals surface area contributed by atoms with Gasteiger partial charge >= 0.3 is 5.97 Å². The molecular weight excluding hydrogens is 436 g/mol. The van der Waals surface area contributed by atoms with Crippen molar-refractivity contribution in [3.05, 3.63) is 35.9 Å². The summed E-state index contributed by atoms with van der Waals surface area (Å²) < 4.78 is 36.0. The van der Waals surface area contributed by atoms with Crippen molar-refractivity contribution in [3.63, 3.8) is 0 Å². The van der Waals surface area contributed by atoms with Crippen molar-refractivity contribution in [2.24, 2.45) is 0 Å². The van der Waals surface area contributed by atoms with E-state index in [1.165, 1.54) is 0 Å². The second-order valence-corrected chi connectivity index (χ2v) is 9.58. The molecule has 34 heavy (non-hydrogen) atoms. The fourth-order valence-electron chi connectivity index (χ4n) is 4.54. The minimum Gasteiger partial charge on any atom is -0.466 e. The van der Waals surface area contributed by atoms with Crippen LogP contribution in [0.2, 0.25) is 0 Å². The molecule has 7 nitrogen and oxygen atoms in total. The zero-order valence-electron chi connectivity index (χ0n) is 21.2. The van der Waals surface area contributed by atoms with E-state index in [0.29, 0.717) is 26.2 Å². The molecule has 2 saturated heterocycles. The maximum absolute atomic E-state index is 11.4. The highest BCUT2D eigenvalue weighted by molar-refractivity contribution is 5.69. The van der Waals surface area contributed by atoms with Crippen LogP contribution in [-0.2, 0) is 39.8 Å². The predicted molar refractivity (Wildman–Crippen MR) is 128 cm³/mol. The molecule has 192 valence electrons. The molecule has 5 atom stereocenters. The van der Waals surface area contributed by atoms with E-state index >= 15 is 0 Å². The Morgan fingerprint density at radius 3 is 2.35 bits per heavy atom. The van der Waals surface area contributed by atoms with E-state index in [-0.39, 0.29) is 30.4 Å². The molecule has 1 aromatic rings. The average Bonchev–Trinajstić information content (AvgIpc) is 3.14. The predicted octanol–water partition coefficient (Wildman–Crippen LogP) is 5.15. The van der Waals surface area contributed by atoms with E-state index in [9.17, 15) is 4.79 Å². The van der Waals surface area contributed by atoms with Crippen LogP contribution >= 0.6 is 0 Å². The second-order valence-electron chi connectivity index (χ2n) is 9.58. The molecule has 7 heteroatoms. The lowest BCUT2D eigenvalue weighted by atomic mass is 9.99. The fourth-order valence-corrected chi connectivity index (χ4v) is 4.54. The van der Waals surface area contributed by atoms with Gasteiger partial charge in [-0.3, -0.25) is 4.79 Å². The molecule has 2 fully saturated rings. The highest BCUT2D eigenvalue weighted by atomic mass is 16.8. The van der Waals surface area contributed by atoms with Crippen LogP contribution < -0.4 is 0 Å². The van der Waals surface area contributed by atoms with Gasteiger partial charge in [-0.25, -0.2) is 0 Å². The third kappa shape index (κ3) is 8.31. The molecule has 0 bridgehead atoms. The van der Waals surface area contributed by atoms with E-state index < -0.39 is 12.1 Å². The van der Waals surface area contributed by atoms with Gasteiger partial charge < -0.3 is 28.4 Å². The van der Waals surface area contributed by atoms with Crippen LogP contribution in [0.4, 0.5) is 0 Å². The molecule has 3 rings (SSSR count). The summed E-state index contributed by atoms with van der Waals surface area (Å²) in [4.78, 5) is 11.4. The van der Waals surface area contributed by atoms with E-state index in [2.05, 4.69) is 0 Å². The molecule has 0 N–H and O–H groups in total. The van der Waals surface area contributed by atoms with Crippen LogP contribution in [-0.4, -0.2) is 55.7 Å². The molecule has 0 amide bonds. The minimum atomic E-state index is -0.677. The first-order valence-corrected chi connectivity index (χ1v) is 12.8. The minimum absolute atomic E-state index is 0.0936. The lowest BCUT2D eigenvalue weighted by Gasteiger charge is -2.40. The average molecular weight is 479 g/mol. The monoisotopic (exact) mass is 478 g/mol. The van der Waals surface area contributed by atoms with Crippen molar-refractivity contribution in [2.45, 2.75) is 116 Å². The molecule has 0 saturated carbocycles. The Bertz CT molecular complexity index is 723. The van der Waals surface area contributed by atoms with Gasteiger partial charge in [0, 0.05) is 13.0 Å². The van der Waals surface area contributed by atoms with Crippen LogP contribution in [0.1, 0.15) is 78.2 Å². The number of rotatable bonds is 14. The topological polar surface area (TPSA) is 72.5 Å². The van der Waals surface area contributed by atoms with Crippen LogP contribution in [0.5, 0.6) is 0 Å². The molecular formula is C27H42O7. The third-order valence-corrected chi connectivity index (χ3v) is 6.22. The fraction of sp³-hybridized carbons (Fsp3) is 0.741. The van der Waals surface area contributed by atoms with Crippen LogP contribution in [0, 0.1) is 0 Å². The molecule has 2 aliphatic heterocycles. The van der Waals surface area contributed by atoms with Gasteiger partial charge in [0.2, 0.25) is 0 Å². The van der Waals surface area contributed by atoms with Gasteiger partial charge in [0.1, 0.15) is 18.3 Å². The summed E-state index contributed by atoms with van der Waals surface area (Å²) in [6.07, 6.45) is 5.28. The number of ether oxygens (including phenoxy) is 6. The van der Waals surface area contributed by atoms with Gasteiger partial charge in [0.15, 0.2) is 12.1 Å². The summed E-state index contributed by atoms with van der Waals surface area (Å²) in [5.74, 6) is -0.771. The molecule has 0 aliphatic carbocycles. The lowest BCUT2D eigenvalue weighted by molar-refractivity contribution is -0.286. The standard InChI is InChI=1S/C27H42O7/c1-5-29-22(28)17-13-8-6-7-9-14-18-30-26-25(31-19-21-15-11-10-12-16-21)24-23(20(2)32-26)33-27(3,4)34-24/h10-12,15-16,20,23-26H,5-9,13-14,17-19H2,1-4H3/t20-,23+,24+,25-,26+/m0/s1. The zero-order chi connectivity index (χ0) is 24.4. The Kier molecular flexibility index (Phi) is 10.8. The van der Waals surface area contributed by atoms with E-state index in [1.807, 2.05) is 58.0 Å². The van der Waals surface area contributed by atoms with Crippen LogP contribution in [0.3, 0.4) is 0 Å². The van der Waals surface area contributed by atoms with Crippen molar-refractivity contribution in [1.82, 2.24) is 0 Å². The van der Waals surface area contributed by atoms with Crippen molar-refractivity contribution >= 4 is 5.97 Å². The Balaban J connectivity index is 1.42. The van der Waals surface area contributed by atoms with Crippen molar-refractivity contribution in [3.8, 4) is 0 Å². The number of benzene rings is 1. The smallest absolute Gasteiger partial charge is 0.305 e. The molecule has 2 aliphatic rings.